The van der Waals surface area contributed by atoms with Crippen LogP contribution in [-0.4, -0.2) is 35.8 Å². The lowest BCUT2D eigenvalue weighted by atomic mass is 9.69. The summed E-state index contributed by atoms with van der Waals surface area (Å²) in [7, 11) is 0. The Hall–Kier alpha value is 0.270. The van der Waals surface area contributed by atoms with E-state index in [2.05, 4.69) is 26.1 Å². The van der Waals surface area contributed by atoms with Crippen molar-refractivity contribution in [1.29, 1.82) is 0 Å². The Kier molecular flexibility index (Phi) is 8.43. The van der Waals surface area contributed by atoms with Gasteiger partial charge in [0.2, 0.25) is 0 Å². The molecule has 19 heavy (non-hydrogen) atoms. The number of aliphatic hydroxyl groups is 1. The summed E-state index contributed by atoms with van der Waals surface area (Å²) in [5.74, 6) is 3.20. The number of aliphatic hydroxyl groups excluding tert-OH is 1. The Balaban J connectivity index is 2.07. The molecule has 1 rings (SSSR count). The van der Waals surface area contributed by atoms with E-state index in [0.29, 0.717) is 12.0 Å². The van der Waals surface area contributed by atoms with Crippen LogP contribution in [-0.2, 0) is 0 Å². The fraction of sp³-hybridized carbons (Fsp3) is 1.00. The van der Waals surface area contributed by atoms with Crippen LogP contribution in [0.3, 0.4) is 0 Å². The minimum Gasteiger partial charge on any atom is -0.396 e. The van der Waals surface area contributed by atoms with Crippen molar-refractivity contribution >= 4 is 11.8 Å². The van der Waals surface area contributed by atoms with E-state index in [1.54, 1.807) is 0 Å². The molecular formula is C16H33NOS. The van der Waals surface area contributed by atoms with Gasteiger partial charge in [0, 0.05) is 24.9 Å². The molecular weight excluding hydrogens is 254 g/mol. The minimum absolute atomic E-state index is 0.331. The maximum Gasteiger partial charge on any atom is 0.0438 e. The van der Waals surface area contributed by atoms with E-state index in [0.717, 1.165) is 30.7 Å². The summed E-state index contributed by atoms with van der Waals surface area (Å²) >= 11 is 1.95. The zero-order chi connectivity index (χ0) is 14.1. The average Bonchev–Trinajstić information content (AvgIpc) is 2.43. The predicted molar refractivity (Wildman–Crippen MR) is 86.8 cm³/mol. The van der Waals surface area contributed by atoms with Gasteiger partial charge in [0.1, 0.15) is 0 Å². The SMILES string of the molecule is CCC(C)(C)C1CCC(NCCSCCCO)CC1. The van der Waals surface area contributed by atoms with E-state index in [-0.39, 0.29) is 0 Å². The second kappa shape index (κ2) is 9.25. The zero-order valence-corrected chi connectivity index (χ0v) is 13.9. The topological polar surface area (TPSA) is 32.3 Å². The molecule has 0 radical (unpaired) electrons. The number of hydrogen-bond donors (Lipinski definition) is 2. The highest BCUT2D eigenvalue weighted by Crippen LogP contribution is 2.40. The normalized spacial score (nSPS) is 24.6. The fourth-order valence-corrected chi connectivity index (χ4v) is 3.77. The predicted octanol–water partition coefficient (Wildman–Crippen LogP) is 3.69. The Morgan fingerprint density at radius 3 is 2.42 bits per heavy atom. The van der Waals surface area contributed by atoms with Gasteiger partial charge in [0.25, 0.3) is 0 Å². The highest BCUT2D eigenvalue weighted by atomic mass is 32.2. The fourth-order valence-electron chi connectivity index (χ4n) is 2.97. The van der Waals surface area contributed by atoms with Crippen molar-refractivity contribution in [2.75, 3.05) is 24.7 Å². The minimum atomic E-state index is 0.331. The third-order valence-corrected chi connectivity index (χ3v) is 5.94. The van der Waals surface area contributed by atoms with Crippen LogP contribution >= 0.6 is 11.8 Å². The van der Waals surface area contributed by atoms with Crippen LogP contribution in [0.4, 0.5) is 0 Å². The monoisotopic (exact) mass is 287 g/mol. The van der Waals surface area contributed by atoms with Gasteiger partial charge in [-0.1, -0.05) is 27.2 Å². The van der Waals surface area contributed by atoms with Crippen LogP contribution in [0.5, 0.6) is 0 Å². The summed E-state index contributed by atoms with van der Waals surface area (Å²) < 4.78 is 0. The molecule has 0 aromatic carbocycles. The van der Waals surface area contributed by atoms with Gasteiger partial charge in [0.15, 0.2) is 0 Å². The van der Waals surface area contributed by atoms with Crippen molar-refractivity contribution in [3.8, 4) is 0 Å². The molecule has 1 aliphatic carbocycles. The van der Waals surface area contributed by atoms with Crippen LogP contribution in [0.25, 0.3) is 0 Å². The van der Waals surface area contributed by atoms with Crippen molar-refractivity contribution in [2.24, 2.45) is 11.3 Å². The van der Waals surface area contributed by atoms with Gasteiger partial charge in [-0.2, -0.15) is 11.8 Å². The number of nitrogens with one attached hydrogen (secondary N) is 1. The first-order valence-corrected chi connectivity index (χ1v) is 9.17. The Morgan fingerprint density at radius 2 is 1.84 bits per heavy atom. The number of rotatable bonds is 9. The Morgan fingerprint density at radius 1 is 1.16 bits per heavy atom. The summed E-state index contributed by atoms with van der Waals surface area (Å²) in [5, 5.41) is 12.4. The first-order chi connectivity index (χ1) is 9.10. The molecule has 0 atom stereocenters. The standard InChI is InChI=1S/C16H33NOS/c1-4-16(2,3)14-6-8-15(9-7-14)17-10-13-19-12-5-11-18/h14-15,17-18H,4-13H2,1-3H3. The van der Waals surface area contributed by atoms with Gasteiger partial charge in [-0.15, -0.1) is 0 Å². The van der Waals surface area contributed by atoms with E-state index >= 15 is 0 Å². The molecule has 0 aromatic heterocycles. The molecule has 1 saturated carbocycles. The molecule has 0 saturated heterocycles. The molecule has 0 amide bonds. The first-order valence-electron chi connectivity index (χ1n) is 8.02. The van der Waals surface area contributed by atoms with Crippen LogP contribution in [0.1, 0.15) is 59.3 Å². The van der Waals surface area contributed by atoms with E-state index in [1.807, 2.05) is 11.8 Å². The van der Waals surface area contributed by atoms with Crippen molar-refractivity contribution in [1.82, 2.24) is 5.32 Å². The lowest BCUT2D eigenvalue weighted by Crippen LogP contribution is -2.37. The summed E-state index contributed by atoms with van der Waals surface area (Å²) in [6, 6.07) is 0.752. The van der Waals surface area contributed by atoms with Gasteiger partial charge in [-0.05, 0) is 49.2 Å². The first kappa shape index (κ1) is 17.3. The summed E-state index contributed by atoms with van der Waals surface area (Å²) in [6.45, 7) is 8.65. The van der Waals surface area contributed by atoms with Gasteiger partial charge in [0.05, 0.1) is 0 Å². The molecule has 0 bridgehead atoms. The summed E-state index contributed by atoms with van der Waals surface area (Å²) in [4.78, 5) is 0. The van der Waals surface area contributed by atoms with E-state index < -0.39 is 0 Å². The van der Waals surface area contributed by atoms with Crippen molar-refractivity contribution in [3.05, 3.63) is 0 Å². The lowest BCUT2D eigenvalue weighted by Gasteiger charge is -2.39. The molecule has 0 spiro atoms. The Bertz CT molecular complexity index is 225. The highest BCUT2D eigenvalue weighted by molar-refractivity contribution is 7.99. The van der Waals surface area contributed by atoms with Crippen LogP contribution in [0.2, 0.25) is 0 Å². The van der Waals surface area contributed by atoms with E-state index in [9.17, 15) is 0 Å². The Labute approximate surface area is 124 Å². The molecule has 0 aliphatic heterocycles. The smallest absolute Gasteiger partial charge is 0.0438 e. The average molecular weight is 288 g/mol. The molecule has 1 fully saturated rings. The molecule has 2 nitrogen and oxygen atoms in total. The van der Waals surface area contributed by atoms with Crippen molar-refractivity contribution < 1.29 is 5.11 Å². The van der Waals surface area contributed by atoms with Gasteiger partial charge >= 0.3 is 0 Å². The van der Waals surface area contributed by atoms with Gasteiger partial charge in [-0.3, -0.25) is 0 Å². The van der Waals surface area contributed by atoms with E-state index in [1.165, 1.54) is 37.9 Å². The van der Waals surface area contributed by atoms with E-state index in [4.69, 9.17) is 5.11 Å². The third-order valence-electron chi connectivity index (χ3n) is 4.87. The van der Waals surface area contributed by atoms with Crippen molar-refractivity contribution in [2.45, 2.75) is 65.3 Å². The van der Waals surface area contributed by atoms with Gasteiger partial charge < -0.3 is 10.4 Å². The molecule has 2 N–H and O–H groups in total. The number of thioether (sulfide) groups is 1. The largest absolute Gasteiger partial charge is 0.396 e. The molecule has 114 valence electrons. The van der Waals surface area contributed by atoms with Crippen molar-refractivity contribution in [3.63, 3.8) is 0 Å². The molecule has 3 heteroatoms. The second-order valence-corrected chi connectivity index (χ2v) is 7.76. The summed E-state index contributed by atoms with van der Waals surface area (Å²) in [6.07, 6.45) is 7.75. The molecule has 1 aliphatic rings. The number of hydrogen-bond acceptors (Lipinski definition) is 3. The van der Waals surface area contributed by atoms with Crippen LogP contribution in [0.15, 0.2) is 0 Å². The van der Waals surface area contributed by atoms with Crippen LogP contribution in [0, 0.1) is 11.3 Å². The van der Waals surface area contributed by atoms with Crippen LogP contribution < -0.4 is 5.32 Å². The molecule has 0 unspecified atom stereocenters. The molecule has 0 aromatic rings. The zero-order valence-electron chi connectivity index (χ0n) is 13.1. The second-order valence-electron chi connectivity index (χ2n) is 6.53. The summed E-state index contributed by atoms with van der Waals surface area (Å²) in [5.41, 5.74) is 0.533. The maximum atomic E-state index is 8.71. The molecule has 0 heterocycles. The third kappa shape index (κ3) is 6.50. The lowest BCUT2D eigenvalue weighted by molar-refractivity contribution is 0.137. The van der Waals surface area contributed by atoms with Gasteiger partial charge in [-0.25, -0.2) is 0 Å². The quantitative estimate of drug-likeness (QED) is 0.634. The highest BCUT2D eigenvalue weighted by Gasteiger charge is 2.31. The maximum absolute atomic E-state index is 8.71.